The number of alkyl halides is 1. The Hall–Kier alpha value is -0.640. The molecule has 1 amide bonds. The summed E-state index contributed by atoms with van der Waals surface area (Å²) < 4.78 is 12.7. The van der Waals surface area contributed by atoms with Crippen molar-refractivity contribution < 1.29 is 9.18 Å². The second-order valence-corrected chi connectivity index (χ2v) is 4.81. The number of halogens is 1. The predicted octanol–water partition coefficient (Wildman–Crippen LogP) is 0.165. The molecule has 2 heterocycles. The van der Waals surface area contributed by atoms with Gasteiger partial charge in [0.25, 0.3) is 0 Å². The molecule has 1 saturated carbocycles. The van der Waals surface area contributed by atoms with Gasteiger partial charge in [0.1, 0.15) is 6.17 Å². The Morgan fingerprint density at radius 1 is 1.36 bits per heavy atom. The summed E-state index contributed by atoms with van der Waals surface area (Å²) in [6, 6.07) is 0.467. The van der Waals surface area contributed by atoms with E-state index in [2.05, 4.69) is 5.32 Å². The number of carbonyl (C=O) groups is 1. The fourth-order valence-electron chi connectivity index (χ4n) is 2.67. The molecule has 3 rings (SSSR count). The van der Waals surface area contributed by atoms with Crippen molar-refractivity contribution in [2.45, 2.75) is 25.1 Å². The molecule has 78 valence electrons. The Bertz CT molecular complexity index is 259. The predicted molar refractivity (Wildman–Crippen MR) is 49.5 cm³/mol. The van der Waals surface area contributed by atoms with Crippen LogP contribution < -0.4 is 5.32 Å². The maximum absolute atomic E-state index is 12.7. The van der Waals surface area contributed by atoms with Gasteiger partial charge in [0, 0.05) is 25.7 Å². The first kappa shape index (κ1) is 8.65. The molecular formula is C10H15FN2O. The topological polar surface area (TPSA) is 32.3 Å². The van der Waals surface area contributed by atoms with Gasteiger partial charge in [-0.1, -0.05) is 0 Å². The van der Waals surface area contributed by atoms with Gasteiger partial charge in [0.15, 0.2) is 0 Å². The van der Waals surface area contributed by atoms with Crippen molar-refractivity contribution >= 4 is 5.91 Å². The van der Waals surface area contributed by atoms with E-state index in [1.165, 1.54) is 6.42 Å². The lowest BCUT2D eigenvalue weighted by molar-refractivity contribution is -0.134. The Morgan fingerprint density at radius 3 is 2.79 bits per heavy atom. The highest BCUT2D eigenvalue weighted by Crippen LogP contribution is 2.36. The summed E-state index contributed by atoms with van der Waals surface area (Å²) in [6.45, 7) is 2.66. The molecule has 4 atom stereocenters. The minimum absolute atomic E-state index is 0.0518. The van der Waals surface area contributed by atoms with Crippen LogP contribution in [0.4, 0.5) is 4.39 Å². The van der Waals surface area contributed by atoms with Crippen LogP contribution in [0.3, 0.4) is 0 Å². The second-order valence-electron chi connectivity index (χ2n) is 4.81. The van der Waals surface area contributed by atoms with E-state index in [9.17, 15) is 9.18 Å². The van der Waals surface area contributed by atoms with Gasteiger partial charge in [-0.25, -0.2) is 4.39 Å². The standard InChI is InChI=1S/C10H15FN2O/c11-9-2-8(9)10(14)13-4-6-1-7(5-13)12-3-6/h6-9,12H,1-5H2/t6-,7-,8+,9+/m0/s1. The number of nitrogens with zero attached hydrogens (tertiary/aromatic N) is 1. The molecule has 0 radical (unpaired) electrons. The minimum atomic E-state index is -0.852. The van der Waals surface area contributed by atoms with E-state index in [0.29, 0.717) is 18.4 Å². The van der Waals surface area contributed by atoms with E-state index >= 15 is 0 Å². The van der Waals surface area contributed by atoms with Crippen molar-refractivity contribution in [2.75, 3.05) is 19.6 Å². The van der Waals surface area contributed by atoms with Crippen molar-refractivity contribution in [3.63, 3.8) is 0 Å². The molecule has 0 aromatic carbocycles. The Labute approximate surface area is 82.6 Å². The highest BCUT2D eigenvalue weighted by atomic mass is 19.1. The summed E-state index contributed by atoms with van der Waals surface area (Å²) in [7, 11) is 0. The number of hydrogen-bond donors (Lipinski definition) is 1. The lowest BCUT2D eigenvalue weighted by Crippen LogP contribution is -2.45. The molecule has 4 heteroatoms. The SMILES string of the molecule is O=C([C@@H]1C[C@H]1F)N1C[C@@H]2CN[C@@H](C2)C1. The first-order valence-corrected chi connectivity index (χ1v) is 5.40. The zero-order chi connectivity index (χ0) is 9.71. The van der Waals surface area contributed by atoms with Crippen LogP contribution in [0, 0.1) is 11.8 Å². The largest absolute Gasteiger partial charge is 0.340 e. The fraction of sp³-hybridized carbons (Fsp3) is 0.900. The first-order chi connectivity index (χ1) is 6.74. The molecule has 0 aromatic rings. The number of amides is 1. The van der Waals surface area contributed by atoms with Crippen LogP contribution in [0.5, 0.6) is 0 Å². The van der Waals surface area contributed by atoms with Crippen molar-refractivity contribution in [1.82, 2.24) is 10.2 Å². The van der Waals surface area contributed by atoms with Crippen molar-refractivity contribution in [1.29, 1.82) is 0 Å². The van der Waals surface area contributed by atoms with E-state index in [4.69, 9.17) is 0 Å². The monoisotopic (exact) mass is 198 g/mol. The van der Waals surface area contributed by atoms with Gasteiger partial charge in [-0.3, -0.25) is 4.79 Å². The van der Waals surface area contributed by atoms with Crippen molar-refractivity contribution in [2.24, 2.45) is 11.8 Å². The highest BCUT2D eigenvalue weighted by molar-refractivity contribution is 5.82. The molecule has 1 aliphatic carbocycles. The maximum atomic E-state index is 12.7. The lowest BCUT2D eigenvalue weighted by atomic mass is 9.99. The molecule has 2 aliphatic heterocycles. The number of piperidine rings is 1. The number of nitrogens with one attached hydrogen (secondary N) is 1. The van der Waals surface area contributed by atoms with Gasteiger partial charge in [0.05, 0.1) is 5.92 Å². The number of likely N-dealkylation sites (tertiary alicyclic amines) is 1. The molecule has 2 saturated heterocycles. The van der Waals surface area contributed by atoms with E-state index in [0.717, 1.165) is 19.6 Å². The number of hydrogen-bond acceptors (Lipinski definition) is 2. The lowest BCUT2D eigenvalue weighted by Gasteiger charge is -2.31. The van der Waals surface area contributed by atoms with Gasteiger partial charge in [0.2, 0.25) is 5.91 Å². The molecule has 0 aromatic heterocycles. The summed E-state index contributed by atoms with van der Waals surface area (Å²) >= 11 is 0. The summed E-state index contributed by atoms with van der Waals surface area (Å²) in [4.78, 5) is 13.6. The number of carbonyl (C=O) groups excluding carboxylic acids is 1. The van der Waals surface area contributed by atoms with E-state index in [1.54, 1.807) is 0 Å². The third-order valence-corrected chi connectivity index (χ3v) is 3.57. The average molecular weight is 198 g/mol. The normalized spacial score (nSPS) is 45.4. The molecule has 3 aliphatic rings. The van der Waals surface area contributed by atoms with Gasteiger partial charge in [-0.15, -0.1) is 0 Å². The first-order valence-electron chi connectivity index (χ1n) is 5.40. The Morgan fingerprint density at radius 2 is 2.14 bits per heavy atom. The van der Waals surface area contributed by atoms with Crippen LogP contribution in [-0.4, -0.2) is 42.7 Å². The van der Waals surface area contributed by atoms with Crippen molar-refractivity contribution in [3.05, 3.63) is 0 Å². The molecule has 0 unspecified atom stereocenters. The van der Waals surface area contributed by atoms with Gasteiger partial charge in [-0.2, -0.15) is 0 Å². The van der Waals surface area contributed by atoms with Crippen LogP contribution in [0.25, 0.3) is 0 Å². The molecule has 3 nitrogen and oxygen atoms in total. The Kier molecular flexibility index (Phi) is 1.81. The van der Waals surface area contributed by atoms with Gasteiger partial charge in [-0.05, 0) is 18.8 Å². The molecule has 0 spiro atoms. The van der Waals surface area contributed by atoms with E-state index in [-0.39, 0.29) is 11.8 Å². The molecule has 3 fully saturated rings. The average Bonchev–Trinajstić information content (AvgIpc) is 2.82. The summed E-state index contributed by atoms with van der Waals surface area (Å²) in [6.07, 6.45) is 0.793. The summed E-state index contributed by atoms with van der Waals surface area (Å²) in [5, 5.41) is 3.39. The third-order valence-electron chi connectivity index (χ3n) is 3.57. The zero-order valence-electron chi connectivity index (χ0n) is 8.08. The maximum Gasteiger partial charge on any atom is 0.228 e. The summed E-state index contributed by atoms with van der Waals surface area (Å²) in [5.41, 5.74) is 0. The van der Waals surface area contributed by atoms with E-state index in [1.807, 2.05) is 4.90 Å². The smallest absolute Gasteiger partial charge is 0.228 e. The quantitative estimate of drug-likeness (QED) is 0.651. The van der Waals surface area contributed by atoms with Crippen LogP contribution in [-0.2, 0) is 4.79 Å². The summed E-state index contributed by atoms with van der Waals surface area (Å²) in [5.74, 6) is 0.359. The van der Waals surface area contributed by atoms with Crippen molar-refractivity contribution in [3.8, 4) is 0 Å². The van der Waals surface area contributed by atoms with E-state index < -0.39 is 6.17 Å². The Balaban J connectivity index is 1.65. The molecule has 1 N–H and O–H groups in total. The molecular weight excluding hydrogens is 183 g/mol. The number of rotatable bonds is 1. The van der Waals surface area contributed by atoms with Crippen LogP contribution in [0.15, 0.2) is 0 Å². The third kappa shape index (κ3) is 1.32. The van der Waals surface area contributed by atoms with Crippen LogP contribution in [0.1, 0.15) is 12.8 Å². The fourth-order valence-corrected chi connectivity index (χ4v) is 2.67. The number of fused-ring (bicyclic) bond motifs is 2. The molecule has 14 heavy (non-hydrogen) atoms. The van der Waals surface area contributed by atoms with Gasteiger partial charge >= 0.3 is 0 Å². The van der Waals surface area contributed by atoms with Gasteiger partial charge < -0.3 is 10.2 Å². The highest BCUT2D eigenvalue weighted by Gasteiger charge is 2.47. The zero-order valence-corrected chi connectivity index (χ0v) is 8.08. The minimum Gasteiger partial charge on any atom is -0.340 e. The van der Waals surface area contributed by atoms with Crippen LogP contribution in [0.2, 0.25) is 0 Å². The molecule has 2 bridgehead atoms. The van der Waals surface area contributed by atoms with Crippen LogP contribution >= 0.6 is 0 Å². The second kappa shape index (κ2) is 2.92.